The van der Waals surface area contributed by atoms with Crippen molar-refractivity contribution >= 4 is 29.1 Å². The molecule has 1 aliphatic heterocycles. The molecule has 3 N–H and O–H groups in total. The van der Waals surface area contributed by atoms with E-state index in [1.54, 1.807) is 51.4 Å². The number of hydrogen-bond acceptors (Lipinski definition) is 10. The predicted molar refractivity (Wildman–Crippen MR) is 132 cm³/mol. The van der Waals surface area contributed by atoms with Gasteiger partial charge in [-0.15, -0.1) is 11.3 Å². The van der Waals surface area contributed by atoms with Gasteiger partial charge in [-0.3, -0.25) is 0 Å². The Labute approximate surface area is 217 Å². The Morgan fingerprint density at radius 1 is 1.17 bits per heavy atom. The van der Waals surface area contributed by atoms with Gasteiger partial charge < -0.3 is 33.9 Å². The first-order valence-electron chi connectivity index (χ1n) is 11.3. The molecule has 194 valence electrons. The number of carbonyl (C=O) groups is 1. The third-order valence-corrected chi connectivity index (χ3v) is 6.91. The largest absolute Gasteiger partial charge is 0.508 e. The van der Waals surface area contributed by atoms with Crippen molar-refractivity contribution in [1.82, 2.24) is 4.98 Å². The fourth-order valence-electron chi connectivity index (χ4n) is 3.79. The first kappa shape index (κ1) is 26.6. The summed E-state index contributed by atoms with van der Waals surface area (Å²) in [6.45, 7) is 4.71. The summed E-state index contributed by atoms with van der Waals surface area (Å²) in [7, 11) is 0. The summed E-state index contributed by atoms with van der Waals surface area (Å²) >= 11 is 7.91. The predicted octanol–water partition coefficient (Wildman–Crippen LogP) is 4.12. The Balaban J connectivity index is 1.49. The number of hydrogen-bond donors (Lipinski definition) is 3. The van der Waals surface area contributed by atoms with Crippen LogP contribution in [0, 0.1) is 0 Å². The average molecular weight is 538 g/mol. The highest BCUT2D eigenvalue weighted by Crippen LogP contribution is 2.35. The lowest BCUT2D eigenvalue weighted by atomic mass is 9.90. The van der Waals surface area contributed by atoms with Crippen molar-refractivity contribution < 1.29 is 38.7 Å². The van der Waals surface area contributed by atoms with Gasteiger partial charge in [0, 0.05) is 17.6 Å². The van der Waals surface area contributed by atoms with E-state index < -0.39 is 42.3 Å². The molecular formula is C25H28ClNO8S. The second-order valence-electron chi connectivity index (χ2n) is 9.47. The maximum Gasteiger partial charge on any atom is 0.508 e. The van der Waals surface area contributed by atoms with Crippen LogP contribution >= 0.6 is 22.9 Å². The fraction of sp³-hybridized carbons (Fsp3) is 0.440. The zero-order valence-electron chi connectivity index (χ0n) is 20.0. The zero-order valence-corrected chi connectivity index (χ0v) is 21.5. The Bertz CT molecular complexity index is 1180. The number of benzene rings is 1. The third kappa shape index (κ3) is 6.26. The molecule has 0 aliphatic carbocycles. The van der Waals surface area contributed by atoms with Crippen LogP contribution in [0.5, 0.6) is 0 Å². The third-order valence-electron chi connectivity index (χ3n) is 5.52. The van der Waals surface area contributed by atoms with Gasteiger partial charge in [0.15, 0.2) is 0 Å². The molecule has 1 saturated heterocycles. The molecule has 3 aromatic rings. The Morgan fingerprint density at radius 3 is 2.64 bits per heavy atom. The van der Waals surface area contributed by atoms with Gasteiger partial charge in [-0.2, -0.15) is 0 Å². The van der Waals surface area contributed by atoms with E-state index >= 15 is 0 Å². The van der Waals surface area contributed by atoms with E-state index in [0.29, 0.717) is 17.0 Å². The lowest BCUT2D eigenvalue weighted by Gasteiger charge is -2.40. The van der Waals surface area contributed by atoms with E-state index in [1.165, 1.54) is 11.3 Å². The standard InChI is InChI=1S/C25H28ClNO8S/c1-25(2,3)35-24(31)33-12-17-20(28)21(29)22(30)23(34-17)13-6-7-15(26)14(9-13)10-19-27-11-18(36-19)16-5-4-8-32-16/h4-9,11,17,20-23,28-30H,10,12H2,1-3H3/t17-,20-,21+,22-,23+/m1/s1. The number of ether oxygens (including phenoxy) is 3. The van der Waals surface area contributed by atoms with Gasteiger partial charge in [0.05, 0.1) is 16.1 Å². The maximum absolute atomic E-state index is 11.9. The van der Waals surface area contributed by atoms with Crippen LogP contribution in [-0.2, 0) is 20.6 Å². The molecule has 0 saturated carbocycles. The lowest BCUT2D eigenvalue weighted by Crippen LogP contribution is -2.55. The summed E-state index contributed by atoms with van der Waals surface area (Å²) in [6, 6.07) is 8.77. The average Bonchev–Trinajstić information content (AvgIpc) is 3.50. The summed E-state index contributed by atoms with van der Waals surface area (Å²) in [5.74, 6) is 0.726. The quantitative estimate of drug-likeness (QED) is 0.397. The van der Waals surface area contributed by atoms with Crippen LogP contribution < -0.4 is 0 Å². The summed E-state index contributed by atoms with van der Waals surface area (Å²) in [5.41, 5.74) is 0.530. The first-order chi connectivity index (χ1) is 17.0. The Morgan fingerprint density at radius 2 is 1.94 bits per heavy atom. The Hall–Kier alpha value is -2.47. The maximum atomic E-state index is 11.9. The summed E-state index contributed by atoms with van der Waals surface area (Å²) in [6.07, 6.45) is -3.67. The molecule has 11 heteroatoms. The smallest absolute Gasteiger partial charge is 0.463 e. The minimum absolute atomic E-state index is 0.370. The molecule has 0 radical (unpaired) electrons. The highest BCUT2D eigenvalue weighted by atomic mass is 35.5. The van der Waals surface area contributed by atoms with Crippen LogP contribution in [0.25, 0.3) is 10.6 Å². The second-order valence-corrected chi connectivity index (χ2v) is 11.0. The van der Waals surface area contributed by atoms with Gasteiger partial charge >= 0.3 is 6.16 Å². The number of aromatic nitrogens is 1. The molecule has 9 nitrogen and oxygen atoms in total. The van der Waals surface area contributed by atoms with E-state index in [0.717, 1.165) is 21.2 Å². The van der Waals surface area contributed by atoms with E-state index in [-0.39, 0.29) is 6.61 Å². The molecule has 0 amide bonds. The first-order valence-corrected chi connectivity index (χ1v) is 12.5. The minimum atomic E-state index is -1.52. The molecular weight excluding hydrogens is 510 g/mol. The van der Waals surface area contributed by atoms with Crippen LogP contribution in [0.3, 0.4) is 0 Å². The number of carbonyl (C=O) groups excluding carboxylic acids is 1. The van der Waals surface area contributed by atoms with Gasteiger partial charge in [-0.05, 0) is 50.1 Å². The number of aliphatic hydroxyl groups is 3. The van der Waals surface area contributed by atoms with Crippen LogP contribution in [0.4, 0.5) is 4.79 Å². The van der Waals surface area contributed by atoms with Crippen LogP contribution in [0.15, 0.2) is 47.2 Å². The SMILES string of the molecule is CC(C)(C)OC(=O)OC[C@H]1O[C@@H](c2ccc(Cl)c(Cc3ncc(-c4ccco4)s3)c2)[C@H](O)[C@@H](O)[C@@H]1O. The van der Waals surface area contributed by atoms with Gasteiger partial charge in [-0.25, -0.2) is 9.78 Å². The van der Waals surface area contributed by atoms with E-state index in [4.69, 9.17) is 30.2 Å². The molecule has 1 aromatic carbocycles. The van der Waals surface area contributed by atoms with Crippen molar-refractivity contribution in [2.75, 3.05) is 6.61 Å². The van der Waals surface area contributed by atoms with Crippen molar-refractivity contribution in [3.05, 3.63) is 63.9 Å². The number of halogens is 1. The molecule has 0 spiro atoms. The normalized spacial score (nSPS) is 24.5. The number of nitrogens with zero attached hydrogens (tertiary/aromatic N) is 1. The van der Waals surface area contributed by atoms with Crippen molar-refractivity contribution in [3.63, 3.8) is 0 Å². The summed E-state index contributed by atoms with van der Waals surface area (Å²) in [5, 5.41) is 32.8. The topological polar surface area (TPSA) is 131 Å². The van der Waals surface area contributed by atoms with Gasteiger partial charge in [0.25, 0.3) is 0 Å². The van der Waals surface area contributed by atoms with Crippen LogP contribution in [-0.4, -0.2) is 63.1 Å². The number of rotatable bonds is 6. The molecule has 5 atom stereocenters. The highest BCUT2D eigenvalue weighted by Gasteiger charge is 2.45. The van der Waals surface area contributed by atoms with Crippen LogP contribution in [0.1, 0.15) is 43.0 Å². The molecule has 3 heterocycles. The van der Waals surface area contributed by atoms with Crippen molar-refractivity contribution in [2.45, 2.75) is 63.3 Å². The zero-order chi connectivity index (χ0) is 26.0. The summed E-state index contributed by atoms with van der Waals surface area (Å²) < 4.78 is 21.5. The Kier molecular flexibility index (Phi) is 8.03. The molecule has 0 bridgehead atoms. The fourth-order valence-corrected chi connectivity index (χ4v) is 4.88. The summed E-state index contributed by atoms with van der Waals surface area (Å²) in [4.78, 5) is 17.3. The molecule has 4 rings (SSSR count). The minimum Gasteiger partial charge on any atom is -0.463 e. The molecule has 1 fully saturated rings. The lowest BCUT2D eigenvalue weighted by molar-refractivity contribution is -0.233. The van der Waals surface area contributed by atoms with Crippen LogP contribution in [0.2, 0.25) is 5.02 Å². The number of thiazole rings is 1. The van der Waals surface area contributed by atoms with Crippen molar-refractivity contribution in [3.8, 4) is 10.6 Å². The van der Waals surface area contributed by atoms with E-state index in [1.807, 2.05) is 12.1 Å². The highest BCUT2D eigenvalue weighted by molar-refractivity contribution is 7.15. The molecule has 1 aliphatic rings. The number of furan rings is 1. The second kappa shape index (κ2) is 10.9. The molecule has 0 unspecified atom stereocenters. The van der Waals surface area contributed by atoms with Crippen molar-refractivity contribution in [2.24, 2.45) is 0 Å². The van der Waals surface area contributed by atoms with Gasteiger partial charge in [-0.1, -0.05) is 23.7 Å². The molecule has 36 heavy (non-hydrogen) atoms. The van der Waals surface area contributed by atoms with Gasteiger partial charge in [0.1, 0.15) is 48.5 Å². The van der Waals surface area contributed by atoms with E-state index in [2.05, 4.69) is 4.98 Å². The monoisotopic (exact) mass is 537 g/mol. The molecule has 2 aromatic heterocycles. The number of aliphatic hydroxyl groups excluding tert-OH is 3. The van der Waals surface area contributed by atoms with E-state index in [9.17, 15) is 20.1 Å². The van der Waals surface area contributed by atoms with Crippen molar-refractivity contribution in [1.29, 1.82) is 0 Å². The van der Waals surface area contributed by atoms with Gasteiger partial charge in [0.2, 0.25) is 0 Å².